The fraction of sp³-hybridized carbons (Fsp3) is 0.405. The Kier molecular flexibility index (Phi) is 9.05. The van der Waals surface area contributed by atoms with Gasteiger partial charge in [0.15, 0.2) is 0 Å². The molecule has 2 aromatic heterocycles. The highest BCUT2D eigenvalue weighted by Gasteiger charge is 2.29. The molecule has 1 saturated heterocycles. The molecule has 9 nitrogen and oxygen atoms in total. The molecule has 0 amide bonds. The molecule has 0 spiro atoms. The Hall–Kier alpha value is -4.18. The highest BCUT2D eigenvalue weighted by molar-refractivity contribution is 6.05. The number of aryl methyl sites for hydroxylation is 3. The topological polar surface area (TPSA) is 80.0 Å². The number of hydrogen-bond acceptors (Lipinski definition) is 7. The third-order valence-corrected chi connectivity index (χ3v) is 9.13. The van der Waals surface area contributed by atoms with Crippen molar-refractivity contribution in [1.82, 2.24) is 19.2 Å². The molecule has 0 saturated carbocycles. The zero-order valence-electron chi connectivity index (χ0n) is 26.8. The Morgan fingerprint density at radius 3 is 2.61 bits per heavy atom. The van der Waals surface area contributed by atoms with Gasteiger partial charge in [-0.25, -0.2) is 4.79 Å². The van der Waals surface area contributed by atoms with Crippen molar-refractivity contribution in [2.45, 2.75) is 45.9 Å². The minimum Gasteiger partial charge on any atom is -0.493 e. The molecule has 240 valence electrons. The van der Waals surface area contributed by atoms with Crippen molar-refractivity contribution in [2.75, 3.05) is 46.1 Å². The van der Waals surface area contributed by atoms with Crippen LogP contribution in [0, 0.1) is 0 Å². The summed E-state index contributed by atoms with van der Waals surface area (Å²) in [4.78, 5) is 16.1. The van der Waals surface area contributed by atoms with E-state index >= 15 is 0 Å². The summed E-state index contributed by atoms with van der Waals surface area (Å²) in [5, 5.41) is 8.38. The van der Waals surface area contributed by atoms with E-state index in [0.29, 0.717) is 45.1 Å². The molecule has 7 rings (SSSR count). The first-order chi connectivity index (χ1) is 22.6. The van der Waals surface area contributed by atoms with Gasteiger partial charge in [0, 0.05) is 61.7 Å². The molecule has 2 aliphatic rings. The predicted molar refractivity (Wildman–Crippen MR) is 178 cm³/mol. The molecule has 0 aliphatic carbocycles. The Morgan fingerprint density at radius 2 is 1.74 bits per heavy atom. The molecular formula is C37H42N4O5. The summed E-state index contributed by atoms with van der Waals surface area (Å²) in [7, 11) is 2.00. The zero-order valence-corrected chi connectivity index (χ0v) is 26.8. The number of fused-ring (bicyclic) bond motifs is 3. The number of hydrogen-bond donors (Lipinski definition) is 0. The van der Waals surface area contributed by atoms with E-state index in [-0.39, 0.29) is 5.97 Å². The highest BCUT2D eigenvalue weighted by Crippen LogP contribution is 2.40. The molecule has 0 radical (unpaired) electrons. The Bertz CT molecular complexity index is 1850. The van der Waals surface area contributed by atoms with Crippen molar-refractivity contribution < 1.29 is 23.7 Å². The minimum atomic E-state index is -0.285. The van der Waals surface area contributed by atoms with Crippen LogP contribution in [0.1, 0.15) is 47.2 Å². The Balaban J connectivity index is 1.29. The summed E-state index contributed by atoms with van der Waals surface area (Å²) >= 11 is 0. The van der Waals surface area contributed by atoms with E-state index in [9.17, 15) is 4.79 Å². The lowest BCUT2D eigenvalue weighted by molar-refractivity contribution is 0.0336. The molecule has 0 atom stereocenters. The Labute approximate surface area is 269 Å². The number of carbonyl (C=O) groups excluding carboxylic acids is 1. The molecule has 1 fully saturated rings. The van der Waals surface area contributed by atoms with E-state index in [0.717, 1.165) is 101 Å². The number of ether oxygens (including phenoxy) is 4. The van der Waals surface area contributed by atoms with Crippen LogP contribution in [0.2, 0.25) is 0 Å². The average molecular weight is 623 g/mol. The number of rotatable bonds is 9. The SMILES string of the molecule is CCOC(=O)c1c(CCCOc2cccc3ccccc23)c2cccc3c2n1CCCOCc1c-3c(CN2CCOCC2)nn1C. The van der Waals surface area contributed by atoms with E-state index in [1.807, 2.05) is 42.9 Å². The second kappa shape index (κ2) is 13.7. The number of aromatic nitrogens is 3. The fourth-order valence-corrected chi connectivity index (χ4v) is 7.02. The van der Waals surface area contributed by atoms with Gasteiger partial charge in [-0.3, -0.25) is 9.58 Å². The van der Waals surface area contributed by atoms with Crippen molar-refractivity contribution >= 4 is 27.6 Å². The molecule has 9 heteroatoms. The van der Waals surface area contributed by atoms with Gasteiger partial charge in [0.2, 0.25) is 0 Å². The zero-order chi connectivity index (χ0) is 31.5. The van der Waals surface area contributed by atoms with Crippen molar-refractivity contribution in [3.8, 4) is 16.9 Å². The smallest absolute Gasteiger partial charge is 0.355 e. The maximum absolute atomic E-state index is 13.7. The van der Waals surface area contributed by atoms with Crippen LogP contribution in [0.15, 0.2) is 60.7 Å². The third kappa shape index (κ3) is 5.90. The van der Waals surface area contributed by atoms with Crippen LogP contribution >= 0.6 is 0 Å². The van der Waals surface area contributed by atoms with E-state index < -0.39 is 0 Å². The lowest BCUT2D eigenvalue weighted by atomic mass is 9.97. The van der Waals surface area contributed by atoms with Gasteiger partial charge in [0.05, 0.1) is 49.9 Å². The number of esters is 1. The Morgan fingerprint density at radius 1 is 0.935 bits per heavy atom. The quantitative estimate of drug-likeness (QED) is 0.144. The first-order valence-electron chi connectivity index (χ1n) is 16.5. The van der Waals surface area contributed by atoms with Crippen LogP contribution in [0.3, 0.4) is 0 Å². The van der Waals surface area contributed by atoms with Gasteiger partial charge in [0.1, 0.15) is 11.4 Å². The maximum atomic E-state index is 13.7. The van der Waals surface area contributed by atoms with E-state index in [4.69, 9.17) is 24.0 Å². The molecule has 5 aromatic rings. The van der Waals surface area contributed by atoms with Crippen molar-refractivity contribution in [3.05, 3.63) is 83.3 Å². The van der Waals surface area contributed by atoms with Gasteiger partial charge in [-0.15, -0.1) is 0 Å². The standard InChI is InChI=1S/C37H42N4O5/c1-3-45-37(42)36-29(15-8-21-46-33-16-6-11-26-10-4-5-12-27(26)33)28-13-7-14-30-34-31(24-40-18-22-43-23-19-40)38-39(2)32(34)25-44-20-9-17-41(36)35(28)30/h4-7,10-14,16H,3,8-9,15,17-25H2,1-2H3. The lowest BCUT2D eigenvalue weighted by Crippen LogP contribution is -2.35. The van der Waals surface area contributed by atoms with Gasteiger partial charge < -0.3 is 23.5 Å². The molecule has 0 bridgehead atoms. The third-order valence-electron chi connectivity index (χ3n) is 9.13. The van der Waals surface area contributed by atoms with Crippen LogP contribution in [-0.2, 0) is 47.4 Å². The average Bonchev–Trinajstić information content (AvgIpc) is 3.56. The van der Waals surface area contributed by atoms with E-state index in [1.54, 1.807) is 0 Å². The number of benzene rings is 3. The lowest BCUT2D eigenvalue weighted by Gasteiger charge is -2.26. The largest absolute Gasteiger partial charge is 0.493 e. The van der Waals surface area contributed by atoms with Crippen molar-refractivity contribution in [1.29, 1.82) is 0 Å². The molecular weight excluding hydrogens is 580 g/mol. The van der Waals surface area contributed by atoms with Crippen molar-refractivity contribution in [3.63, 3.8) is 0 Å². The number of nitrogens with zero attached hydrogens (tertiary/aromatic N) is 4. The number of carbonyl (C=O) groups is 1. The summed E-state index contributed by atoms with van der Waals surface area (Å²) in [6.45, 7) is 8.38. The van der Waals surface area contributed by atoms with Gasteiger partial charge >= 0.3 is 5.97 Å². The van der Waals surface area contributed by atoms with Crippen LogP contribution in [-0.4, -0.2) is 71.3 Å². The van der Waals surface area contributed by atoms with Crippen LogP contribution in [0.25, 0.3) is 32.8 Å². The summed E-state index contributed by atoms with van der Waals surface area (Å²) in [6.07, 6.45) is 2.22. The van der Waals surface area contributed by atoms with E-state index in [2.05, 4.69) is 45.9 Å². The molecule has 0 N–H and O–H groups in total. The first-order valence-corrected chi connectivity index (χ1v) is 16.5. The summed E-state index contributed by atoms with van der Waals surface area (Å²) in [5.74, 6) is 0.594. The van der Waals surface area contributed by atoms with Gasteiger partial charge in [-0.05, 0) is 43.2 Å². The predicted octanol–water partition coefficient (Wildman–Crippen LogP) is 6.14. The second-order valence-corrected chi connectivity index (χ2v) is 12.0. The molecule has 3 aromatic carbocycles. The molecule has 46 heavy (non-hydrogen) atoms. The van der Waals surface area contributed by atoms with E-state index in [1.165, 1.54) is 0 Å². The van der Waals surface area contributed by atoms with Crippen LogP contribution in [0.5, 0.6) is 5.75 Å². The second-order valence-electron chi connectivity index (χ2n) is 12.0. The first kappa shape index (κ1) is 30.5. The number of morpholine rings is 1. The van der Waals surface area contributed by atoms with Crippen LogP contribution < -0.4 is 4.74 Å². The van der Waals surface area contributed by atoms with Gasteiger partial charge in [0.25, 0.3) is 0 Å². The summed E-state index contributed by atoms with van der Waals surface area (Å²) in [6, 6.07) is 20.9. The maximum Gasteiger partial charge on any atom is 0.355 e. The van der Waals surface area contributed by atoms with Gasteiger partial charge in [-0.2, -0.15) is 5.10 Å². The molecule has 4 heterocycles. The normalized spacial score (nSPS) is 15.6. The highest BCUT2D eigenvalue weighted by atomic mass is 16.5. The van der Waals surface area contributed by atoms with Gasteiger partial charge in [-0.1, -0.05) is 54.6 Å². The monoisotopic (exact) mass is 622 g/mol. The minimum absolute atomic E-state index is 0.285. The summed E-state index contributed by atoms with van der Waals surface area (Å²) < 4.78 is 28.0. The van der Waals surface area contributed by atoms with Crippen molar-refractivity contribution in [2.24, 2.45) is 7.05 Å². The van der Waals surface area contributed by atoms with Crippen LogP contribution in [0.4, 0.5) is 0 Å². The number of para-hydroxylation sites is 1. The molecule has 0 unspecified atom stereocenters. The fourth-order valence-electron chi connectivity index (χ4n) is 7.02. The molecule has 2 aliphatic heterocycles. The summed E-state index contributed by atoms with van der Waals surface area (Å²) in [5.41, 5.74) is 6.96.